The Morgan fingerprint density at radius 1 is 1.05 bits per heavy atom. The molecule has 0 spiro atoms. The number of ether oxygens (including phenoxy) is 2. The van der Waals surface area contributed by atoms with E-state index in [1.54, 1.807) is 18.2 Å². The first kappa shape index (κ1) is 14.8. The molecule has 3 nitrogen and oxygen atoms in total. The van der Waals surface area contributed by atoms with Crippen molar-refractivity contribution in [3.8, 4) is 11.5 Å². The van der Waals surface area contributed by atoms with Crippen LogP contribution in [0.15, 0.2) is 36.4 Å². The molecular weight excluding hydrogens is 374 g/mol. The SMILES string of the molecule is COc1cc(OC)cc(C(=O)c2ccc(F)cc2I)c1. The summed E-state index contributed by atoms with van der Waals surface area (Å²) in [6.07, 6.45) is 0. The third-order valence-electron chi connectivity index (χ3n) is 2.79. The maximum atomic E-state index is 13.1. The van der Waals surface area contributed by atoms with Crippen molar-refractivity contribution in [2.24, 2.45) is 0 Å². The van der Waals surface area contributed by atoms with Gasteiger partial charge in [-0.1, -0.05) is 0 Å². The van der Waals surface area contributed by atoms with Gasteiger partial charge in [0, 0.05) is 20.8 Å². The van der Waals surface area contributed by atoms with E-state index in [2.05, 4.69) is 0 Å². The van der Waals surface area contributed by atoms with Crippen molar-refractivity contribution >= 4 is 28.4 Å². The Hall–Kier alpha value is -1.63. The highest BCUT2D eigenvalue weighted by molar-refractivity contribution is 14.1. The van der Waals surface area contributed by atoms with Gasteiger partial charge in [0.15, 0.2) is 5.78 Å². The van der Waals surface area contributed by atoms with Crippen LogP contribution >= 0.6 is 22.6 Å². The van der Waals surface area contributed by atoms with E-state index in [0.717, 1.165) is 0 Å². The van der Waals surface area contributed by atoms with Gasteiger partial charge in [-0.3, -0.25) is 4.79 Å². The molecule has 0 saturated heterocycles. The van der Waals surface area contributed by atoms with E-state index in [9.17, 15) is 9.18 Å². The average Bonchev–Trinajstić information content (AvgIpc) is 2.46. The van der Waals surface area contributed by atoms with Crippen molar-refractivity contribution in [1.82, 2.24) is 0 Å². The van der Waals surface area contributed by atoms with E-state index in [-0.39, 0.29) is 11.6 Å². The number of rotatable bonds is 4. The van der Waals surface area contributed by atoms with Crippen molar-refractivity contribution in [3.63, 3.8) is 0 Å². The van der Waals surface area contributed by atoms with E-state index in [1.165, 1.54) is 32.4 Å². The summed E-state index contributed by atoms with van der Waals surface area (Å²) in [5.41, 5.74) is 0.882. The Balaban J connectivity index is 2.47. The molecule has 0 aliphatic heterocycles. The van der Waals surface area contributed by atoms with E-state index in [4.69, 9.17) is 9.47 Å². The minimum atomic E-state index is -0.367. The van der Waals surface area contributed by atoms with Crippen LogP contribution in [0.2, 0.25) is 0 Å². The lowest BCUT2D eigenvalue weighted by atomic mass is 10.0. The predicted octanol–water partition coefficient (Wildman–Crippen LogP) is 3.68. The highest BCUT2D eigenvalue weighted by Gasteiger charge is 2.15. The zero-order chi connectivity index (χ0) is 14.7. The van der Waals surface area contributed by atoms with Crippen LogP contribution in [0.5, 0.6) is 11.5 Å². The minimum Gasteiger partial charge on any atom is -0.497 e. The van der Waals surface area contributed by atoms with Crippen molar-refractivity contribution in [3.05, 3.63) is 56.9 Å². The van der Waals surface area contributed by atoms with Crippen LogP contribution in [-0.4, -0.2) is 20.0 Å². The predicted molar refractivity (Wildman–Crippen MR) is 82.1 cm³/mol. The highest BCUT2D eigenvalue weighted by atomic mass is 127. The molecule has 5 heteroatoms. The molecule has 0 amide bonds. The second-order valence-electron chi connectivity index (χ2n) is 4.05. The fraction of sp³-hybridized carbons (Fsp3) is 0.133. The van der Waals surface area contributed by atoms with Crippen LogP contribution < -0.4 is 9.47 Å². The first-order valence-corrected chi connectivity index (χ1v) is 6.86. The topological polar surface area (TPSA) is 35.5 Å². The van der Waals surface area contributed by atoms with Gasteiger partial charge in [0.05, 0.1) is 14.2 Å². The third-order valence-corrected chi connectivity index (χ3v) is 3.68. The van der Waals surface area contributed by atoms with Gasteiger partial charge in [-0.2, -0.15) is 0 Å². The standard InChI is InChI=1S/C15H12FIO3/c1-19-11-5-9(6-12(8-11)20-2)15(18)13-4-3-10(16)7-14(13)17/h3-8H,1-2H3. The molecule has 20 heavy (non-hydrogen) atoms. The van der Waals surface area contributed by atoms with E-state index in [0.29, 0.717) is 26.2 Å². The van der Waals surface area contributed by atoms with E-state index >= 15 is 0 Å². The lowest BCUT2D eigenvalue weighted by Crippen LogP contribution is -2.05. The van der Waals surface area contributed by atoms with Crippen LogP contribution in [0.3, 0.4) is 0 Å². The summed E-state index contributed by atoms with van der Waals surface area (Å²) in [4.78, 5) is 12.5. The number of methoxy groups -OCH3 is 2. The Morgan fingerprint density at radius 3 is 2.15 bits per heavy atom. The first-order chi connectivity index (χ1) is 9.55. The summed E-state index contributed by atoms with van der Waals surface area (Å²) in [6.45, 7) is 0. The fourth-order valence-electron chi connectivity index (χ4n) is 1.77. The number of hydrogen-bond acceptors (Lipinski definition) is 3. The molecule has 0 aliphatic rings. The van der Waals surface area contributed by atoms with E-state index in [1.807, 2.05) is 22.6 Å². The number of ketones is 1. The number of hydrogen-bond donors (Lipinski definition) is 0. The zero-order valence-electron chi connectivity index (χ0n) is 10.9. The molecule has 0 saturated carbocycles. The summed E-state index contributed by atoms with van der Waals surface area (Å²) in [5, 5.41) is 0. The van der Waals surface area contributed by atoms with Crippen molar-refractivity contribution in [2.45, 2.75) is 0 Å². The molecule has 0 unspecified atom stereocenters. The second kappa shape index (κ2) is 6.21. The molecule has 0 bridgehead atoms. The largest absolute Gasteiger partial charge is 0.497 e. The van der Waals surface area contributed by atoms with Gasteiger partial charge < -0.3 is 9.47 Å². The number of carbonyl (C=O) groups is 1. The lowest BCUT2D eigenvalue weighted by Gasteiger charge is -2.09. The maximum absolute atomic E-state index is 13.1. The van der Waals surface area contributed by atoms with Crippen LogP contribution in [0.1, 0.15) is 15.9 Å². The van der Waals surface area contributed by atoms with Crippen molar-refractivity contribution in [1.29, 1.82) is 0 Å². The monoisotopic (exact) mass is 386 g/mol. The molecule has 0 aliphatic carbocycles. The van der Waals surface area contributed by atoms with Crippen LogP contribution in [0, 0.1) is 9.39 Å². The van der Waals surface area contributed by atoms with Gasteiger partial charge in [-0.05, 0) is 52.9 Å². The Kier molecular flexibility index (Phi) is 4.59. The van der Waals surface area contributed by atoms with Gasteiger partial charge in [-0.15, -0.1) is 0 Å². The molecule has 0 atom stereocenters. The molecule has 0 aromatic heterocycles. The quantitative estimate of drug-likeness (QED) is 0.594. The second-order valence-corrected chi connectivity index (χ2v) is 5.22. The highest BCUT2D eigenvalue weighted by Crippen LogP contribution is 2.25. The first-order valence-electron chi connectivity index (χ1n) is 5.78. The molecule has 0 fully saturated rings. The van der Waals surface area contributed by atoms with Crippen molar-refractivity contribution in [2.75, 3.05) is 14.2 Å². The van der Waals surface area contributed by atoms with Gasteiger partial charge >= 0.3 is 0 Å². The number of carbonyl (C=O) groups excluding carboxylic acids is 1. The summed E-state index contributed by atoms with van der Waals surface area (Å²) >= 11 is 1.94. The van der Waals surface area contributed by atoms with E-state index < -0.39 is 0 Å². The molecular formula is C15H12FIO3. The molecule has 0 N–H and O–H groups in total. The van der Waals surface area contributed by atoms with Gasteiger partial charge in [0.1, 0.15) is 17.3 Å². The molecule has 104 valence electrons. The maximum Gasteiger partial charge on any atom is 0.194 e. The van der Waals surface area contributed by atoms with Gasteiger partial charge in [0.25, 0.3) is 0 Å². The number of benzene rings is 2. The average molecular weight is 386 g/mol. The van der Waals surface area contributed by atoms with Gasteiger partial charge in [0.2, 0.25) is 0 Å². The van der Waals surface area contributed by atoms with Gasteiger partial charge in [-0.25, -0.2) is 4.39 Å². The Morgan fingerprint density at radius 2 is 1.65 bits per heavy atom. The summed E-state index contributed by atoms with van der Waals surface area (Å²) in [6, 6.07) is 9.02. The zero-order valence-corrected chi connectivity index (χ0v) is 13.1. The minimum absolute atomic E-state index is 0.202. The van der Waals surface area contributed by atoms with Crippen molar-refractivity contribution < 1.29 is 18.7 Å². The third kappa shape index (κ3) is 3.09. The number of halogens is 2. The Bertz CT molecular complexity index is 633. The molecule has 2 rings (SSSR count). The smallest absolute Gasteiger partial charge is 0.194 e. The molecule has 0 radical (unpaired) electrons. The Labute approximate surface area is 129 Å². The summed E-state index contributed by atoms with van der Waals surface area (Å²) < 4.78 is 23.9. The summed E-state index contributed by atoms with van der Waals surface area (Å²) in [5.74, 6) is 0.496. The molecule has 0 heterocycles. The van der Waals surface area contributed by atoms with Crippen LogP contribution in [0.25, 0.3) is 0 Å². The lowest BCUT2D eigenvalue weighted by molar-refractivity contribution is 0.103. The molecule has 2 aromatic carbocycles. The van der Waals surface area contributed by atoms with Crippen LogP contribution in [0.4, 0.5) is 4.39 Å². The van der Waals surface area contributed by atoms with Crippen LogP contribution in [-0.2, 0) is 0 Å². The fourth-order valence-corrected chi connectivity index (χ4v) is 2.49. The normalized spacial score (nSPS) is 10.2. The molecule has 2 aromatic rings. The summed E-state index contributed by atoms with van der Waals surface area (Å²) in [7, 11) is 3.04.